The van der Waals surface area contributed by atoms with Crippen LogP contribution >= 0.6 is 0 Å². The highest BCUT2D eigenvalue weighted by molar-refractivity contribution is 5.09. The van der Waals surface area contributed by atoms with E-state index in [0.29, 0.717) is 0 Å². The molecule has 0 unspecified atom stereocenters. The number of aryl methyl sites for hydroxylation is 1. The zero-order valence-corrected chi connectivity index (χ0v) is 9.43. The predicted octanol–water partition coefficient (Wildman–Crippen LogP) is 1.15. The first-order valence-corrected chi connectivity index (χ1v) is 5.42. The van der Waals surface area contributed by atoms with Crippen molar-refractivity contribution in [3.05, 3.63) is 48.0 Å². The molecule has 2 heterocycles. The third kappa shape index (κ3) is 3.17. The summed E-state index contributed by atoms with van der Waals surface area (Å²) in [6, 6.07) is 4.05. The number of pyridine rings is 1. The number of rotatable bonds is 5. The van der Waals surface area contributed by atoms with Gasteiger partial charge in [0.05, 0.1) is 6.20 Å². The van der Waals surface area contributed by atoms with Crippen molar-refractivity contribution in [1.29, 1.82) is 0 Å². The van der Waals surface area contributed by atoms with Crippen molar-refractivity contribution >= 4 is 0 Å². The van der Waals surface area contributed by atoms with Crippen LogP contribution in [0.2, 0.25) is 0 Å². The number of aromatic nitrogens is 3. The van der Waals surface area contributed by atoms with Crippen molar-refractivity contribution in [2.45, 2.75) is 13.0 Å². The topological polar surface area (TPSA) is 42.7 Å². The lowest BCUT2D eigenvalue weighted by atomic mass is 10.2. The quantitative estimate of drug-likeness (QED) is 0.762. The summed E-state index contributed by atoms with van der Waals surface area (Å²) in [4.78, 5) is 3.99. The van der Waals surface area contributed by atoms with E-state index >= 15 is 0 Å². The average molecular weight is 216 g/mol. The zero-order valence-electron chi connectivity index (χ0n) is 9.43. The van der Waals surface area contributed by atoms with Gasteiger partial charge in [0.15, 0.2) is 0 Å². The van der Waals surface area contributed by atoms with Crippen molar-refractivity contribution in [3.8, 4) is 0 Å². The predicted molar refractivity (Wildman–Crippen MR) is 62.9 cm³/mol. The molecular formula is C12H16N4. The van der Waals surface area contributed by atoms with E-state index in [1.807, 2.05) is 48.6 Å². The van der Waals surface area contributed by atoms with Crippen LogP contribution in [0.1, 0.15) is 11.1 Å². The standard InChI is InChI=1S/C12H16N4/c1-16-10-12(9-15-16)4-7-14-8-11-2-5-13-6-3-11/h2-3,5-6,9-10,14H,4,7-8H2,1H3. The second kappa shape index (κ2) is 5.42. The molecule has 84 valence electrons. The Labute approximate surface area is 95.3 Å². The zero-order chi connectivity index (χ0) is 11.2. The van der Waals surface area contributed by atoms with Crippen molar-refractivity contribution in [1.82, 2.24) is 20.1 Å². The number of nitrogens with one attached hydrogen (secondary N) is 1. The van der Waals surface area contributed by atoms with Gasteiger partial charge in [-0.1, -0.05) is 0 Å². The highest BCUT2D eigenvalue weighted by Gasteiger charge is 1.96. The molecule has 0 bridgehead atoms. The van der Waals surface area contributed by atoms with Crippen molar-refractivity contribution < 1.29 is 0 Å². The largest absolute Gasteiger partial charge is 0.312 e. The summed E-state index contributed by atoms with van der Waals surface area (Å²) in [5, 5.41) is 7.53. The highest BCUT2D eigenvalue weighted by Crippen LogP contribution is 1.98. The SMILES string of the molecule is Cn1cc(CCNCc2ccncc2)cn1. The minimum atomic E-state index is 0.892. The smallest absolute Gasteiger partial charge is 0.0522 e. The molecular weight excluding hydrogens is 200 g/mol. The van der Waals surface area contributed by atoms with Gasteiger partial charge in [0, 0.05) is 32.2 Å². The maximum absolute atomic E-state index is 4.13. The molecule has 0 aromatic carbocycles. The molecule has 0 aliphatic rings. The van der Waals surface area contributed by atoms with Crippen LogP contribution in [-0.4, -0.2) is 21.3 Å². The Hall–Kier alpha value is -1.68. The first kappa shape index (κ1) is 10.8. The van der Waals surface area contributed by atoms with Crippen LogP contribution in [0, 0.1) is 0 Å². The van der Waals surface area contributed by atoms with Gasteiger partial charge in [-0.3, -0.25) is 9.67 Å². The van der Waals surface area contributed by atoms with Crippen LogP contribution in [0.15, 0.2) is 36.9 Å². The van der Waals surface area contributed by atoms with Crippen molar-refractivity contribution in [2.75, 3.05) is 6.54 Å². The van der Waals surface area contributed by atoms with Crippen LogP contribution in [0.5, 0.6) is 0 Å². The van der Waals surface area contributed by atoms with Gasteiger partial charge >= 0.3 is 0 Å². The second-order valence-corrected chi connectivity index (χ2v) is 3.80. The van der Waals surface area contributed by atoms with Gasteiger partial charge < -0.3 is 5.32 Å². The van der Waals surface area contributed by atoms with Crippen LogP contribution in [-0.2, 0) is 20.0 Å². The van der Waals surface area contributed by atoms with Crippen LogP contribution < -0.4 is 5.32 Å². The van der Waals surface area contributed by atoms with E-state index in [2.05, 4.69) is 15.4 Å². The Bertz CT molecular complexity index is 422. The van der Waals surface area contributed by atoms with Crippen LogP contribution in [0.25, 0.3) is 0 Å². The summed E-state index contributed by atoms with van der Waals surface area (Å²) in [6.07, 6.45) is 8.61. The monoisotopic (exact) mass is 216 g/mol. The van der Waals surface area contributed by atoms with Gasteiger partial charge in [0.2, 0.25) is 0 Å². The third-order valence-corrected chi connectivity index (χ3v) is 2.43. The molecule has 1 N–H and O–H groups in total. The van der Waals surface area contributed by atoms with Gasteiger partial charge in [-0.15, -0.1) is 0 Å². The van der Waals surface area contributed by atoms with E-state index in [4.69, 9.17) is 0 Å². The second-order valence-electron chi connectivity index (χ2n) is 3.80. The Morgan fingerprint density at radius 3 is 2.75 bits per heavy atom. The molecule has 0 amide bonds. The van der Waals surface area contributed by atoms with Crippen LogP contribution in [0.4, 0.5) is 0 Å². The molecule has 0 aliphatic heterocycles. The molecule has 4 nitrogen and oxygen atoms in total. The average Bonchev–Trinajstić information content (AvgIpc) is 2.72. The number of hydrogen-bond donors (Lipinski definition) is 1. The lowest BCUT2D eigenvalue weighted by Crippen LogP contribution is -2.16. The number of nitrogens with zero attached hydrogens (tertiary/aromatic N) is 3. The molecule has 0 radical (unpaired) electrons. The minimum absolute atomic E-state index is 0.892. The fourth-order valence-corrected chi connectivity index (χ4v) is 1.57. The van der Waals surface area contributed by atoms with Crippen molar-refractivity contribution in [2.24, 2.45) is 7.05 Å². The minimum Gasteiger partial charge on any atom is -0.312 e. The summed E-state index contributed by atoms with van der Waals surface area (Å²) < 4.78 is 1.83. The van der Waals surface area contributed by atoms with Gasteiger partial charge in [0.25, 0.3) is 0 Å². The molecule has 2 rings (SSSR count). The van der Waals surface area contributed by atoms with E-state index in [9.17, 15) is 0 Å². The molecule has 0 fully saturated rings. The Morgan fingerprint density at radius 2 is 2.06 bits per heavy atom. The van der Waals surface area contributed by atoms with E-state index < -0.39 is 0 Å². The first-order chi connectivity index (χ1) is 7.84. The highest BCUT2D eigenvalue weighted by atomic mass is 15.2. The van der Waals surface area contributed by atoms with E-state index in [-0.39, 0.29) is 0 Å². The molecule has 2 aromatic rings. The molecule has 4 heteroatoms. The fraction of sp³-hybridized carbons (Fsp3) is 0.333. The summed E-state index contributed by atoms with van der Waals surface area (Å²) in [5.74, 6) is 0. The van der Waals surface area contributed by atoms with Gasteiger partial charge in [0.1, 0.15) is 0 Å². The maximum atomic E-state index is 4.13. The lowest BCUT2D eigenvalue weighted by Gasteiger charge is -2.03. The molecule has 0 spiro atoms. The Kier molecular flexibility index (Phi) is 3.66. The summed E-state index contributed by atoms with van der Waals surface area (Å²) in [6.45, 7) is 1.86. The summed E-state index contributed by atoms with van der Waals surface area (Å²) in [7, 11) is 1.94. The van der Waals surface area contributed by atoms with Gasteiger partial charge in [-0.05, 0) is 36.2 Å². The molecule has 16 heavy (non-hydrogen) atoms. The third-order valence-electron chi connectivity index (χ3n) is 2.43. The Morgan fingerprint density at radius 1 is 1.25 bits per heavy atom. The van der Waals surface area contributed by atoms with E-state index in [1.165, 1.54) is 11.1 Å². The number of hydrogen-bond acceptors (Lipinski definition) is 3. The van der Waals surface area contributed by atoms with E-state index in [1.54, 1.807) is 0 Å². The van der Waals surface area contributed by atoms with Crippen LogP contribution in [0.3, 0.4) is 0 Å². The summed E-state index contributed by atoms with van der Waals surface area (Å²) >= 11 is 0. The van der Waals surface area contributed by atoms with Gasteiger partial charge in [-0.25, -0.2) is 0 Å². The normalized spacial score (nSPS) is 10.6. The lowest BCUT2D eigenvalue weighted by molar-refractivity contribution is 0.685. The molecule has 0 saturated carbocycles. The fourth-order valence-electron chi connectivity index (χ4n) is 1.57. The summed E-state index contributed by atoms with van der Waals surface area (Å²) in [5.41, 5.74) is 2.53. The molecule has 0 atom stereocenters. The first-order valence-electron chi connectivity index (χ1n) is 5.42. The molecule has 0 aliphatic carbocycles. The molecule has 0 saturated heterocycles. The van der Waals surface area contributed by atoms with Crippen molar-refractivity contribution in [3.63, 3.8) is 0 Å². The maximum Gasteiger partial charge on any atom is 0.0522 e. The molecule has 2 aromatic heterocycles. The van der Waals surface area contributed by atoms with E-state index in [0.717, 1.165) is 19.5 Å². The Balaban J connectivity index is 1.69. The van der Waals surface area contributed by atoms with Gasteiger partial charge in [-0.2, -0.15) is 5.10 Å².